The number of aliphatic hydroxyl groups excluding tert-OH is 1. The summed E-state index contributed by atoms with van der Waals surface area (Å²) in [6, 6.07) is 0. The Morgan fingerprint density at radius 1 is 1.64 bits per heavy atom. The highest BCUT2D eigenvalue weighted by molar-refractivity contribution is 5.75. The van der Waals surface area contributed by atoms with E-state index in [0.29, 0.717) is 24.2 Å². The molecule has 0 aromatic rings. The van der Waals surface area contributed by atoms with E-state index in [2.05, 4.69) is 19.2 Å². The fourth-order valence-corrected chi connectivity index (χ4v) is 1.59. The van der Waals surface area contributed by atoms with Crippen molar-refractivity contribution in [1.29, 1.82) is 0 Å². The van der Waals surface area contributed by atoms with Crippen molar-refractivity contribution in [3.8, 4) is 0 Å². The van der Waals surface area contributed by atoms with Gasteiger partial charge in [-0.1, -0.05) is 13.8 Å². The molecule has 0 aromatic heterocycles. The third-order valence-electron chi connectivity index (χ3n) is 3.05. The zero-order valence-corrected chi connectivity index (χ0v) is 9.34. The lowest BCUT2D eigenvalue weighted by Crippen LogP contribution is -2.27. The highest BCUT2D eigenvalue weighted by Gasteiger charge is 2.45. The van der Waals surface area contributed by atoms with Crippen LogP contribution in [0.4, 0.5) is 0 Å². The largest absolute Gasteiger partial charge is 0.393 e. The number of amides is 1. The molecule has 1 fully saturated rings. The number of nitrogens with one attached hydrogen (secondary N) is 1. The lowest BCUT2D eigenvalue weighted by atomic mass is 10.1. The van der Waals surface area contributed by atoms with Gasteiger partial charge in [-0.3, -0.25) is 4.79 Å². The van der Waals surface area contributed by atoms with Crippen LogP contribution in [-0.4, -0.2) is 23.7 Å². The van der Waals surface area contributed by atoms with Gasteiger partial charge in [0, 0.05) is 13.0 Å². The molecule has 0 radical (unpaired) electrons. The molecular weight excluding hydrogens is 178 g/mol. The topological polar surface area (TPSA) is 49.3 Å². The second-order valence-electron chi connectivity index (χ2n) is 5.08. The molecule has 3 heteroatoms. The maximum Gasteiger partial charge on any atom is 0.220 e. The number of carbonyl (C=O) groups is 1. The number of aliphatic hydroxyl groups is 1. The molecule has 3 nitrogen and oxygen atoms in total. The van der Waals surface area contributed by atoms with Crippen LogP contribution in [-0.2, 0) is 4.79 Å². The number of carbonyl (C=O) groups excluding carboxylic acids is 1. The first-order chi connectivity index (χ1) is 6.42. The molecule has 1 amide bonds. The molecule has 82 valence electrons. The van der Waals surface area contributed by atoms with Gasteiger partial charge in [0.2, 0.25) is 5.91 Å². The summed E-state index contributed by atoms with van der Waals surface area (Å²) in [4.78, 5) is 11.3. The molecule has 14 heavy (non-hydrogen) atoms. The van der Waals surface area contributed by atoms with E-state index >= 15 is 0 Å². The minimum absolute atomic E-state index is 0.0635. The molecule has 2 unspecified atom stereocenters. The molecule has 1 aliphatic carbocycles. The molecule has 0 bridgehead atoms. The predicted molar refractivity (Wildman–Crippen MR) is 55.8 cm³/mol. The van der Waals surface area contributed by atoms with E-state index in [-0.39, 0.29) is 12.0 Å². The Morgan fingerprint density at radius 2 is 2.21 bits per heavy atom. The molecule has 0 saturated heterocycles. The molecule has 0 heterocycles. The second kappa shape index (κ2) is 4.30. The average Bonchev–Trinajstić information content (AvgIpc) is 2.67. The highest BCUT2D eigenvalue weighted by Crippen LogP contribution is 2.50. The maximum atomic E-state index is 11.3. The molecule has 1 aliphatic rings. The molecule has 1 rings (SSSR count). The highest BCUT2D eigenvalue weighted by atomic mass is 16.3. The first-order valence-corrected chi connectivity index (χ1v) is 5.36. The van der Waals surface area contributed by atoms with E-state index in [1.54, 1.807) is 6.92 Å². The summed E-state index contributed by atoms with van der Waals surface area (Å²) in [5.41, 5.74) is 0.428. The van der Waals surface area contributed by atoms with Crippen molar-refractivity contribution in [3.63, 3.8) is 0 Å². The summed E-state index contributed by atoms with van der Waals surface area (Å²) < 4.78 is 0. The number of rotatable bonds is 5. The summed E-state index contributed by atoms with van der Waals surface area (Å²) in [6.07, 6.45) is 1.83. The molecule has 1 saturated carbocycles. The van der Waals surface area contributed by atoms with Gasteiger partial charge in [0.05, 0.1) is 6.10 Å². The van der Waals surface area contributed by atoms with Crippen LogP contribution >= 0.6 is 0 Å². The van der Waals surface area contributed by atoms with Crippen LogP contribution in [0.15, 0.2) is 0 Å². The summed E-state index contributed by atoms with van der Waals surface area (Å²) in [5.74, 6) is 0.714. The first-order valence-electron chi connectivity index (χ1n) is 5.36. The van der Waals surface area contributed by atoms with Gasteiger partial charge in [-0.15, -0.1) is 0 Å². The van der Waals surface area contributed by atoms with Crippen molar-refractivity contribution in [2.75, 3.05) is 6.54 Å². The first kappa shape index (κ1) is 11.5. The van der Waals surface area contributed by atoms with Gasteiger partial charge in [-0.25, -0.2) is 0 Å². The van der Waals surface area contributed by atoms with Crippen LogP contribution in [0.1, 0.15) is 40.0 Å². The summed E-state index contributed by atoms with van der Waals surface area (Å²) in [7, 11) is 0. The van der Waals surface area contributed by atoms with Crippen molar-refractivity contribution >= 4 is 5.91 Å². The fraction of sp³-hybridized carbons (Fsp3) is 0.909. The monoisotopic (exact) mass is 199 g/mol. The molecule has 2 atom stereocenters. The number of hydrogen-bond acceptors (Lipinski definition) is 2. The summed E-state index contributed by atoms with van der Waals surface area (Å²) >= 11 is 0. The number of hydrogen-bond donors (Lipinski definition) is 2. The van der Waals surface area contributed by atoms with E-state index in [0.717, 1.165) is 6.54 Å². The molecule has 0 aliphatic heterocycles. The summed E-state index contributed by atoms with van der Waals surface area (Å²) in [6.45, 7) is 6.95. The Bertz CT molecular complexity index is 211. The van der Waals surface area contributed by atoms with Gasteiger partial charge in [-0.2, -0.15) is 0 Å². The van der Waals surface area contributed by atoms with Crippen molar-refractivity contribution in [2.24, 2.45) is 11.3 Å². The predicted octanol–water partition coefficient (Wildman–Crippen LogP) is 1.31. The van der Waals surface area contributed by atoms with E-state index in [1.165, 1.54) is 6.42 Å². The van der Waals surface area contributed by atoms with Crippen molar-refractivity contribution in [3.05, 3.63) is 0 Å². The fourth-order valence-electron chi connectivity index (χ4n) is 1.59. The van der Waals surface area contributed by atoms with Gasteiger partial charge in [0.15, 0.2) is 0 Å². The molecule has 2 N–H and O–H groups in total. The van der Waals surface area contributed by atoms with Crippen molar-refractivity contribution < 1.29 is 9.90 Å². The van der Waals surface area contributed by atoms with Crippen LogP contribution in [0.25, 0.3) is 0 Å². The average molecular weight is 199 g/mol. The van der Waals surface area contributed by atoms with Gasteiger partial charge in [-0.05, 0) is 31.1 Å². The van der Waals surface area contributed by atoms with Crippen LogP contribution in [0, 0.1) is 11.3 Å². The molecular formula is C11H21NO2. The Labute approximate surface area is 85.9 Å². The third kappa shape index (κ3) is 3.66. The third-order valence-corrected chi connectivity index (χ3v) is 3.05. The zero-order chi connectivity index (χ0) is 10.8. The van der Waals surface area contributed by atoms with E-state index in [4.69, 9.17) is 5.11 Å². The molecule has 0 spiro atoms. The van der Waals surface area contributed by atoms with Crippen LogP contribution in [0.2, 0.25) is 0 Å². The minimum atomic E-state index is -0.377. The lowest BCUT2D eigenvalue weighted by molar-refractivity contribution is -0.121. The Balaban J connectivity index is 2.05. The SMILES string of the molecule is CC(O)CCC(=O)NCC1CC1(C)C. The Hall–Kier alpha value is -0.570. The van der Waals surface area contributed by atoms with E-state index < -0.39 is 0 Å². The second-order valence-corrected chi connectivity index (χ2v) is 5.08. The van der Waals surface area contributed by atoms with Crippen LogP contribution < -0.4 is 5.32 Å². The van der Waals surface area contributed by atoms with Crippen molar-refractivity contribution in [1.82, 2.24) is 5.32 Å². The standard InChI is InChI=1S/C11H21NO2/c1-8(13)4-5-10(14)12-7-9-6-11(9,2)3/h8-9,13H,4-7H2,1-3H3,(H,12,14). The Morgan fingerprint density at radius 3 is 2.64 bits per heavy atom. The van der Waals surface area contributed by atoms with E-state index in [1.807, 2.05) is 0 Å². The minimum Gasteiger partial charge on any atom is -0.393 e. The van der Waals surface area contributed by atoms with Gasteiger partial charge < -0.3 is 10.4 Å². The lowest BCUT2D eigenvalue weighted by Gasteiger charge is -2.07. The van der Waals surface area contributed by atoms with Crippen LogP contribution in [0.3, 0.4) is 0 Å². The zero-order valence-electron chi connectivity index (χ0n) is 9.34. The Kier molecular flexibility index (Phi) is 3.53. The summed E-state index contributed by atoms with van der Waals surface area (Å²) in [5, 5.41) is 11.9. The maximum absolute atomic E-state index is 11.3. The van der Waals surface area contributed by atoms with E-state index in [9.17, 15) is 4.79 Å². The van der Waals surface area contributed by atoms with Crippen molar-refractivity contribution in [2.45, 2.75) is 46.1 Å². The van der Waals surface area contributed by atoms with Gasteiger partial charge in [0.1, 0.15) is 0 Å². The molecule has 0 aromatic carbocycles. The smallest absolute Gasteiger partial charge is 0.220 e. The van der Waals surface area contributed by atoms with Gasteiger partial charge >= 0.3 is 0 Å². The quantitative estimate of drug-likeness (QED) is 0.701. The van der Waals surface area contributed by atoms with Gasteiger partial charge in [0.25, 0.3) is 0 Å². The van der Waals surface area contributed by atoms with Crippen LogP contribution in [0.5, 0.6) is 0 Å². The normalized spacial score (nSPS) is 25.6.